The zero-order valence-electron chi connectivity index (χ0n) is 15.1. The molecule has 1 N–H and O–H groups in total. The van der Waals surface area contributed by atoms with E-state index in [2.05, 4.69) is 15.2 Å². The van der Waals surface area contributed by atoms with Gasteiger partial charge in [0, 0.05) is 15.6 Å². The maximum atomic E-state index is 13.1. The van der Waals surface area contributed by atoms with Gasteiger partial charge in [-0.1, -0.05) is 41.0 Å². The van der Waals surface area contributed by atoms with Crippen molar-refractivity contribution < 1.29 is 4.79 Å². The molecule has 29 heavy (non-hydrogen) atoms. The molecule has 0 fully saturated rings. The Bertz CT molecular complexity index is 1280. The first-order chi connectivity index (χ1) is 14.0. The second-order valence-electron chi connectivity index (χ2n) is 6.27. The van der Waals surface area contributed by atoms with E-state index in [4.69, 9.17) is 23.2 Å². The predicted molar refractivity (Wildman–Crippen MR) is 116 cm³/mol. The molecule has 0 aliphatic rings. The molecule has 2 heterocycles. The van der Waals surface area contributed by atoms with Crippen molar-refractivity contribution in [2.45, 2.75) is 12.1 Å². The predicted octanol–water partition coefficient (Wildman–Crippen LogP) is 4.70. The Morgan fingerprint density at radius 2 is 1.93 bits per heavy atom. The van der Waals surface area contributed by atoms with E-state index in [1.54, 1.807) is 42.5 Å². The molecule has 0 radical (unpaired) electrons. The summed E-state index contributed by atoms with van der Waals surface area (Å²) >= 11 is 13.3. The fourth-order valence-corrected chi connectivity index (χ4v) is 4.06. The number of thioether (sulfide) groups is 1. The van der Waals surface area contributed by atoms with Crippen LogP contribution in [-0.4, -0.2) is 31.3 Å². The molecule has 0 saturated heterocycles. The van der Waals surface area contributed by atoms with E-state index < -0.39 is 0 Å². The molecule has 4 rings (SSSR count). The SMILES string of the molecule is Cc1c(Cl)cccc1-n1c(SCC(=O)c2ccc(Cl)cc2)nc2[nH]ncc2c1=O. The van der Waals surface area contributed by atoms with Crippen LogP contribution in [-0.2, 0) is 0 Å². The van der Waals surface area contributed by atoms with Crippen molar-refractivity contribution in [2.24, 2.45) is 0 Å². The lowest BCUT2D eigenvalue weighted by Gasteiger charge is -2.14. The third-order valence-corrected chi connectivity index (χ3v) is 6.03. The smallest absolute Gasteiger partial charge is 0.269 e. The Hall–Kier alpha value is -2.61. The fourth-order valence-electron chi connectivity index (χ4n) is 2.87. The average molecular weight is 445 g/mol. The van der Waals surface area contributed by atoms with Crippen molar-refractivity contribution in [3.8, 4) is 5.69 Å². The zero-order chi connectivity index (χ0) is 20.5. The Labute approximate surface area is 179 Å². The molecule has 146 valence electrons. The van der Waals surface area contributed by atoms with Crippen molar-refractivity contribution in [1.29, 1.82) is 0 Å². The van der Waals surface area contributed by atoms with Crippen LogP contribution in [0.4, 0.5) is 0 Å². The number of rotatable bonds is 5. The van der Waals surface area contributed by atoms with Crippen LogP contribution in [0, 0.1) is 6.92 Å². The molecule has 0 amide bonds. The molecule has 2 aromatic heterocycles. The van der Waals surface area contributed by atoms with E-state index in [-0.39, 0.29) is 17.1 Å². The molecule has 0 bridgehead atoms. The molecule has 0 aliphatic heterocycles. The molecule has 9 heteroatoms. The minimum Gasteiger partial charge on any atom is -0.293 e. The van der Waals surface area contributed by atoms with E-state index in [0.717, 1.165) is 5.56 Å². The summed E-state index contributed by atoms with van der Waals surface area (Å²) in [6.45, 7) is 1.83. The molecule has 0 saturated carbocycles. The molecule has 0 spiro atoms. The number of nitrogens with zero attached hydrogens (tertiary/aromatic N) is 3. The van der Waals surface area contributed by atoms with Gasteiger partial charge in [-0.25, -0.2) is 4.98 Å². The normalized spacial score (nSPS) is 11.1. The van der Waals surface area contributed by atoms with Crippen molar-refractivity contribution >= 4 is 51.8 Å². The molecule has 4 aromatic rings. The van der Waals surface area contributed by atoms with Crippen LogP contribution in [0.25, 0.3) is 16.7 Å². The lowest BCUT2D eigenvalue weighted by molar-refractivity contribution is 0.102. The average Bonchev–Trinajstić information content (AvgIpc) is 3.18. The number of Topliss-reactive ketones (excluding diaryl/α,β-unsaturated/α-hetero) is 1. The summed E-state index contributed by atoms with van der Waals surface area (Å²) in [5, 5.41) is 8.46. The van der Waals surface area contributed by atoms with Crippen LogP contribution >= 0.6 is 35.0 Å². The molecule has 2 aromatic carbocycles. The van der Waals surface area contributed by atoms with Crippen molar-refractivity contribution in [2.75, 3.05) is 5.75 Å². The van der Waals surface area contributed by atoms with Gasteiger partial charge in [0.25, 0.3) is 5.56 Å². The van der Waals surface area contributed by atoms with Gasteiger partial charge in [-0.3, -0.25) is 19.3 Å². The van der Waals surface area contributed by atoms with Crippen molar-refractivity contribution in [3.05, 3.63) is 80.2 Å². The lowest BCUT2D eigenvalue weighted by atomic mass is 10.1. The van der Waals surface area contributed by atoms with Crippen LogP contribution < -0.4 is 5.56 Å². The Morgan fingerprint density at radius 3 is 2.69 bits per heavy atom. The zero-order valence-corrected chi connectivity index (χ0v) is 17.5. The largest absolute Gasteiger partial charge is 0.293 e. The second kappa shape index (κ2) is 8.02. The minimum absolute atomic E-state index is 0.0972. The van der Waals surface area contributed by atoms with Gasteiger partial charge in [-0.2, -0.15) is 5.10 Å². The maximum Gasteiger partial charge on any atom is 0.269 e. The number of ketones is 1. The van der Waals surface area contributed by atoms with Gasteiger partial charge in [0.15, 0.2) is 16.6 Å². The second-order valence-corrected chi connectivity index (χ2v) is 8.06. The standard InChI is InChI=1S/C20H14Cl2N4O2S/c1-11-15(22)3-2-4-16(11)26-19(28)14-9-23-25-18(14)24-20(26)29-10-17(27)12-5-7-13(21)8-6-12/h2-9H,10H2,1H3,(H,23,25). The van der Waals surface area contributed by atoms with Gasteiger partial charge in [0.05, 0.1) is 17.6 Å². The van der Waals surface area contributed by atoms with Gasteiger partial charge in [0.2, 0.25) is 0 Å². The third kappa shape index (κ3) is 3.81. The summed E-state index contributed by atoms with van der Waals surface area (Å²) in [5.41, 5.74) is 1.98. The van der Waals surface area contributed by atoms with E-state index in [1.165, 1.54) is 22.5 Å². The Kier molecular flexibility index (Phi) is 5.45. The monoisotopic (exact) mass is 444 g/mol. The minimum atomic E-state index is -0.282. The summed E-state index contributed by atoms with van der Waals surface area (Å²) < 4.78 is 1.47. The van der Waals surface area contributed by atoms with E-state index >= 15 is 0 Å². The summed E-state index contributed by atoms with van der Waals surface area (Å²) in [5.74, 6) is 0.00726. The highest BCUT2D eigenvalue weighted by molar-refractivity contribution is 7.99. The number of aromatic nitrogens is 4. The summed E-state index contributed by atoms with van der Waals surface area (Å²) in [7, 11) is 0. The molecule has 0 aliphatic carbocycles. The number of halogens is 2. The third-order valence-electron chi connectivity index (χ3n) is 4.43. The number of H-pyrrole nitrogens is 1. The number of benzene rings is 2. The topological polar surface area (TPSA) is 80.6 Å². The highest BCUT2D eigenvalue weighted by atomic mass is 35.5. The number of hydrogen-bond donors (Lipinski definition) is 1. The van der Waals surface area contributed by atoms with E-state index in [9.17, 15) is 9.59 Å². The highest BCUT2D eigenvalue weighted by Crippen LogP contribution is 2.26. The van der Waals surface area contributed by atoms with Crippen LogP contribution in [0.15, 0.2) is 58.6 Å². The Morgan fingerprint density at radius 1 is 1.17 bits per heavy atom. The molecule has 6 nitrogen and oxygen atoms in total. The lowest BCUT2D eigenvalue weighted by Crippen LogP contribution is -2.22. The van der Waals surface area contributed by atoms with Gasteiger partial charge in [-0.15, -0.1) is 0 Å². The van der Waals surface area contributed by atoms with Crippen LogP contribution in [0.1, 0.15) is 15.9 Å². The van der Waals surface area contributed by atoms with Gasteiger partial charge in [-0.05, 0) is 48.9 Å². The molecular formula is C20H14Cl2N4O2S. The quantitative estimate of drug-likeness (QED) is 0.274. The van der Waals surface area contributed by atoms with E-state index in [1.807, 2.05) is 6.92 Å². The number of fused-ring (bicyclic) bond motifs is 1. The van der Waals surface area contributed by atoms with Gasteiger partial charge in [0.1, 0.15) is 5.39 Å². The maximum absolute atomic E-state index is 13.1. The molecule has 0 unspecified atom stereocenters. The summed E-state index contributed by atoms with van der Waals surface area (Å²) in [4.78, 5) is 30.2. The van der Waals surface area contributed by atoms with Crippen molar-refractivity contribution in [3.63, 3.8) is 0 Å². The first-order valence-corrected chi connectivity index (χ1v) is 10.3. The molecule has 0 atom stereocenters. The molecular weight excluding hydrogens is 431 g/mol. The first-order valence-electron chi connectivity index (χ1n) is 8.59. The van der Waals surface area contributed by atoms with Crippen LogP contribution in [0.3, 0.4) is 0 Å². The Balaban J connectivity index is 1.77. The summed E-state index contributed by atoms with van der Waals surface area (Å²) in [6, 6.07) is 12.0. The van der Waals surface area contributed by atoms with E-state index in [0.29, 0.717) is 37.5 Å². The highest BCUT2D eigenvalue weighted by Gasteiger charge is 2.18. The number of nitrogens with one attached hydrogen (secondary N) is 1. The van der Waals surface area contributed by atoms with Gasteiger partial charge < -0.3 is 0 Å². The first kappa shape index (κ1) is 19.7. The number of aromatic amines is 1. The number of carbonyl (C=O) groups is 1. The van der Waals surface area contributed by atoms with Crippen LogP contribution in [0.5, 0.6) is 0 Å². The van der Waals surface area contributed by atoms with Crippen molar-refractivity contribution in [1.82, 2.24) is 19.7 Å². The number of hydrogen-bond acceptors (Lipinski definition) is 5. The fraction of sp³-hybridized carbons (Fsp3) is 0.100. The van der Waals surface area contributed by atoms with Crippen LogP contribution in [0.2, 0.25) is 10.0 Å². The van der Waals surface area contributed by atoms with Gasteiger partial charge >= 0.3 is 0 Å². The summed E-state index contributed by atoms with van der Waals surface area (Å²) in [6.07, 6.45) is 1.44. The number of carbonyl (C=O) groups excluding carboxylic acids is 1.